The van der Waals surface area contributed by atoms with Gasteiger partial charge in [0.05, 0.1) is 23.7 Å². The van der Waals surface area contributed by atoms with Crippen LogP contribution in [-0.2, 0) is 10.0 Å². The first-order valence-electron chi connectivity index (χ1n) is 9.66. The molecule has 172 valence electrons. The molecule has 0 aromatic heterocycles. The number of amides is 1. The Morgan fingerprint density at radius 3 is 2.36 bits per heavy atom. The molecule has 0 radical (unpaired) electrons. The summed E-state index contributed by atoms with van der Waals surface area (Å²) >= 11 is 0. The first-order chi connectivity index (χ1) is 15.7. The second kappa shape index (κ2) is 8.75. The molecule has 0 aliphatic carbocycles. The minimum atomic E-state index is -4.20. The van der Waals surface area contributed by atoms with E-state index >= 15 is 0 Å². The van der Waals surface area contributed by atoms with Gasteiger partial charge in [0.2, 0.25) is 0 Å². The van der Waals surface area contributed by atoms with Crippen molar-refractivity contribution in [1.29, 1.82) is 0 Å². The van der Waals surface area contributed by atoms with Crippen molar-refractivity contribution in [2.24, 2.45) is 0 Å². The molecule has 3 aromatic carbocycles. The molecule has 0 saturated heterocycles. The third-order valence-corrected chi connectivity index (χ3v) is 6.74. The molecule has 1 atom stereocenters. The Morgan fingerprint density at radius 2 is 1.73 bits per heavy atom. The fourth-order valence-corrected chi connectivity index (χ4v) is 4.85. The number of nitrogens with one attached hydrogen (secondary N) is 1. The number of rotatable bonds is 5. The monoisotopic (exact) mass is 478 g/mol. The number of aliphatic hydroxyl groups excluding tert-OH is 1. The molecule has 11 heteroatoms. The lowest BCUT2D eigenvalue weighted by molar-refractivity contribution is 0.101. The van der Waals surface area contributed by atoms with E-state index in [-0.39, 0.29) is 28.6 Å². The lowest BCUT2D eigenvalue weighted by atomic mass is 10.1. The number of ether oxygens (including phenoxy) is 1. The number of carbonyl (C=O) groups is 1. The number of anilines is 2. The van der Waals surface area contributed by atoms with Crippen molar-refractivity contribution in [3.8, 4) is 5.75 Å². The number of halogens is 3. The number of aliphatic hydroxyl groups is 1. The molecule has 1 aliphatic heterocycles. The van der Waals surface area contributed by atoms with E-state index in [0.717, 1.165) is 46.8 Å². The maximum Gasteiger partial charge on any atom is 0.264 e. The van der Waals surface area contributed by atoms with Crippen LogP contribution in [-0.4, -0.2) is 38.7 Å². The van der Waals surface area contributed by atoms with Crippen molar-refractivity contribution in [3.63, 3.8) is 0 Å². The third kappa shape index (κ3) is 4.37. The SMILES string of the molecule is O=C(Nc1ccc2c(c1)N(S(=O)(=O)c1ccc(F)cc1)CC(CO)O2)c1c(F)cccc1F. The molecule has 4 rings (SSSR count). The van der Waals surface area contributed by atoms with Gasteiger partial charge in [-0.05, 0) is 54.6 Å². The molecule has 0 saturated carbocycles. The maximum absolute atomic E-state index is 13.9. The first-order valence-corrected chi connectivity index (χ1v) is 11.1. The van der Waals surface area contributed by atoms with Gasteiger partial charge in [-0.3, -0.25) is 9.10 Å². The van der Waals surface area contributed by atoms with Gasteiger partial charge in [-0.1, -0.05) is 6.07 Å². The van der Waals surface area contributed by atoms with Crippen LogP contribution in [0.1, 0.15) is 10.4 Å². The average molecular weight is 478 g/mol. The number of benzene rings is 3. The van der Waals surface area contributed by atoms with Crippen LogP contribution in [0.25, 0.3) is 0 Å². The Balaban J connectivity index is 1.72. The summed E-state index contributed by atoms with van der Waals surface area (Å²) < 4.78 is 74.2. The predicted octanol–water partition coefficient (Wildman–Crippen LogP) is 3.30. The second-order valence-electron chi connectivity index (χ2n) is 7.15. The molecule has 2 N–H and O–H groups in total. The summed E-state index contributed by atoms with van der Waals surface area (Å²) in [5.41, 5.74) is -0.717. The summed E-state index contributed by atoms with van der Waals surface area (Å²) in [5, 5.41) is 11.9. The molecular formula is C22H17F3N2O5S. The fourth-order valence-electron chi connectivity index (χ4n) is 3.35. The van der Waals surface area contributed by atoms with Crippen LogP contribution in [0.2, 0.25) is 0 Å². The number of sulfonamides is 1. The Labute approximate surface area is 187 Å². The number of carbonyl (C=O) groups excluding carboxylic acids is 1. The van der Waals surface area contributed by atoms with E-state index in [1.54, 1.807) is 0 Å². The molecule has 1 heterocycles. The Hall–Kier alpha value is -3.57. The van der Waals surface area contributed by atoms with Crippen molar-refractivity contribution in [2.45, 2.75) is 11.0 Å². The summed E-state index contributed by atoms with van der Waals surface area (Å²) in [6.07, 6.45) is -0.874. The van der Waals surface area contributed by atoms with Gasteiger partial charge in [0.15, 0.2) is 0 Å². The molecular weight excluding hydrogens is 461 g/mol. The van der Waals surface area contributed by atoms with E-state index in [2.05, 4.69) is 5.32 Å². The van der Waals surface area contributed by atoms with Crippen molar-refractivity contribution < 1.29 is 36.2 Å². The highest BCUT2D eigenvalue weighted by Crippen LogP contribution is 2.39. The summed E-state index contributed by atoms with van der Waals surface area (Å²) in [6.45, 7) is -0.734. The molecule has 1 unspecified atom stereocenters. The molecule has 0 bridgehead atoms. The largest absolute Gasteiger partial charge is 0.484 e. The summed E-state index contributed by atoms with van der Waals surface area (Å²) in [4.78, 5) is 12.2. The summed E-state index contributed by atoms with van der Waals surface area (Å²) in [6, 6.07) is 11.2. The zero-order valence-corrected chi connectivity index (χ0v) is 17.7. The number of fused-ring (bicyclic) bond motifs is 1. The molecule has 0 fully saturated rings. The van der Waals surface area contributed by atoms with E-state index in [1.807, 2.05) is 0 Å². The highest BCUT2D eigenvalue weighted by Gasteiger charge is 2.34. The maximum atomic E-state index is 13.9. The third-order valence-electron chi connectivity index (χ3n) is 4.94. The van der Waals surface area contributed by atoms with Crippen molar-refractivity contribution in [1.82, 2.24) is 0 Å². The fraction of sp³-hybridized carbons (Fsp3) is 0.136. The predicted molar refractivity (Wildman–Crippen MR) is 113 cm³/mol. The highest BCUT2D eigenvalue weighted by atomic mass is 32.2. The Bertz CT molecular complexity index is 1300. The molecule has 33 heavy (non-hydrogen) atoms. The van der Waals surface area contributed by atoms with Gasteiger partial charge in [-0.25, -0.2) is 21.6 Å². The standard InChI is InChI=1S/C22H17F3N2O5S/c23-13-4-7-16(8-5-13)33(30,31)27-11-15(12-28)32-20-9-6-14(10-19(20)27)26-22(29)21-17(24)2-1-3-18(21)25/h1-10,15,28H,11-12H2,(H,26,29). The Morgan fingerprint density at radius 1 is 1.06 bits per heavy atom. The van der Waals surface area contributed by atoms with E-state index in [4.69, 9.17) is 4.74 Å². The molecule has 7 nitrogen and oxygen atoms in total. The van der Waals surface area contributed by atoms with E-state index in [0.29, 0.717) is 0 Å². The number of nitrogens with zero attached hydrogens (tertiary/aromatic N) is 1. The highest BCUT2D eigenvalue weighted by molar-refractivity contribution is 7.92. The number of hydrogen-bond donors (Lipinski definition) is 2. The first kappa shape index (κ1) is 22.6. The zero-order chi connectivity index (χ0) is 23.8. The normalized spacial score (nSPS) is 15.5. The van der Waals surface area contributed by atoms with Crippen molar-refractivity contribution in [3.05, 3.63) is 83.7 Å². The summed E-state index contributed by atoms with van der Waals surface area (Å²) in [5.74, 6) is -3.69. The second-order valence-corrected chi connectivity index (χ2v) is 9.01. The molecule has 0 spiro atoms. The average Bonchev–Trinajstić information content (AvgIpc) is 2.78. The van der Waals surface area contributed by atoms with Gasteiger partial charge in [-0.2, -0.15) is 0 Å². The topological polar surface area (TPSA) is 95.9 Å². The van der Waals surface area contributed by atoms with E-state index < -0.39 is 51.7 Å². The van der Waals surface area contributed by atoms with Gasteiger partial charge in [0.25, 0.3) is 15.9 Å². The molecule has 3 aromatic rings. The van der Waals surface area contributed by atoms with Gasteiger partial charge >= 0.3 is 0 Å². The molecule has 1 aliphatic rings. The van der Waals surface area contributed by atoms with Gasteiger partial charge in [-0.15, -0.1) is 0 Å². The van der Waals surface area contributed by atoms with Crippen LogP contribution in [0, 0.1) is 17.5 Å². The lowest BCUT2D eigenvalue weighted by Crippen LogP contribution is -2.45. The van der Waals surface area contributed by atoms with Crippen LogP contribution in [0.15, 0.2) is 65.6 Å². The Kier molecular flexibility index (Phi) is 6.00. The minimum Gasteiger partial charge on any atom is -0.484 e. The van der Waals surface area contributed by atoms with Crippen LogP contribution >= 0.6 is 0 Å². The van der Waals surface area contributed by atoms with E-state index in [9.17, 15) is 31.5 Å². The van der Waals surface area contributed by atoms with Crippen LogP contribution < -0.4 is 14.4 Å². The molecule has 1 amide bonds. The van der Waals surface area contributed by atoms with Gasteiger partial charge in [0, 0.05) is 5.69 Å². The quantitative estimate of drug-likeness (QED) is 0.587. The number of hydrogen-bond acceptors (Lipinski definition) is 5. The minimum absolute atomic E-state index is 0.0239. The van der Waals surface area contributed by atoms with Crippen molar-refractivity contribution >= 4 is 27.3 Å². The smallest absolute Gasteiger partial charge is 0.264 e. The zero-order valence-electron chi connectivity index (χ0n) is 16.8. The van der Waals surface area contributed by atoms with Crippen LogP contribution in [0.5, 0.6) is 5.75 Å². The van der Waals surface area contributed by atoms with Gasteiger partial charge < -0.3 is 15.2 Å². The van der Waals surface area contributed by atoms with Crippen LogP contribution in [0.4, 0.5) is 24.5 Å². The van der Waals surface area contributed by atoms with Crippen molar-refractivity contribution in [2.75, 3.05) is 22.8 Å². The van der Waals surface area contributed by atoms with E-state index in [1.165, 1.54) is 18.2 Å². The lowest BCUT2D eigenvalue weighted by Gasteiger charge is -2.35. The van der Waals surface area contributed by atoms with Crippen LogP contribution in [0.3, 0.4) is 0 Å². The summed E-state index contributed by atoms with van der Waals surface area (Å²) in [7, 11) is -4.20. The van der Waals surface area contributed by atoms with Gasteiger partial charge in [0.1, 0.15) is 34.9 Å².